The van der Waals surface area contributed by atoms with E-state index in [1.54, 1.807) is 22.8 Å². The quantitative estimate of drug-likeness (QED) is 0.944. The third-order valence-corrected chi connectivity index (χ3v) is 3.45. The van der Waals surface area contributed by atoms with Crippen LogP contribution in [0.1, 0.15) is 24.1 Å². The third-order valence-electron chi connectivity index (χ3n) is 3.21. The Balaban J connectivity index is 1.94. The predicted octanol–water partition coefficient (Wildman–Crippen LogP) is 2.98. The summed E-state index contributed by atoms with van der Waals surface area (Å²) in [6, 6.07) is 7.25. The molecular weight excluding hydrogens is 288 g/mol. The molecule has 0 saturated carbocycles. The maximum absolute atomic E-state index is 12.2. The summed E-state index contributed by atoms with van der Waals surface area (Å²) in [5, 5.41) is 7.71. The van der Waals surface area contributed by atoms with Gasteiger partial charge in [0.15, 0.2) is 0 Å². The van der Waals surface area contributed by atoms with E-state index in [9.17, 15) is 4.79 Å². The molecule has 6 heteroatoms. The number of hydrogen-bond donors (Lipinski definition) is 1. The fourth-order valence-corrected chi connectivity index (χ4v) is 2.25. The lowest BCUT2D eigenvalue weighted by Gasteiger charge is -2.21. The van der Waals surface area contributed by atoms with E-state index in [1.807, 2.05) is 44.4 Å². The standard InChI is InChI=1S/C15H19ClN4O/c1-11(13-5-4-6-14(16)7-13)18-15(21)19(2)9-12-8-17-20(3)10-12/h4-8,10-11H,9H2,1-3H3,(H,18,21). The molecule has 0 aliphatic rings. The molecule has 1 aromatic carbocycles. The van der Waals surface area contributed by atoms with E-state index in [-0.39, 0.29) is 12.1 Å². The van der Waals surface area contributed by atoms with Gasteiger partial charge in [0.2, 0.25) is 0 Å². The van der Waals surface area contributed by atoms with Gasteiger partial charge in [0.25, 0.3) is 0 Å². The number of aryl methyl sites for hydroxylation is 1. The molecule has 1 heterocycles. The Hall–Kier alpha value is -2.01. The number of halogens is 1. The fourth-order valence-electron chi connectivity index (χ4n) is 2.05. The number of amides is 2. The summed E-state index contributed by atoms with van der Waals surface area (Å²) < 4.78 is 1.72. The van der Waals surface area contributed by atoms with Gasteiger partial charge in [0.1, 0.15) is 0 Å². The number of hydrogen-bond acceptors (Lipinski definition) is 2. The van der Waals surface area contributed by atoms with Crippen LogP contribution in [0, 0.1) is 0 Å². The van der Waals surface area contributed by atoms with Gasteiger partial charge in [-0.15, -0.1) is 0 Å². The van der Waals surface area contributed by atoms with E-state index in [4.69, 9.17) is 11.6 Å². The molecule has 1 aromatic heterocycles. The second-order valence-corrected chi connectivity index (χ2v) is 5.54. The van der Waals surface area contributed by atoms with Gasteiger partial charge in [-0.1, -0.05) is 23.7 Å². The highest BCUT2D eigenvalue weighted by Crippen LogP contribution is 2.17. The van der Waals surface area contributed by atoms with Crippen LogP contribution in [0.3, 0.4) is 0 Å². The van der Waals surface area contributed by atoms with Crippen molar-refractivity contribution in [3.05, 3.63) is 52.8 Å². The van der Waals surface area contributed by atoms with Crippen molar-refractivity contribution in [3.63, 3.8) is 0 Å². The minimum atomic E-state index is -0.133. The van der Waals surface area contributed by atoms with Crippen LogP contribution in [0.15, 0.2) is 36.7 Å². The average Bonchev–Trinajstić information content (AvgIpc) is 2.84. The van der Waals surface area contributed by atoms with Gasteiger partial charge in [-0.25, -0.2) is 4.79 Å². The van der Waals surface area contributed by atoms with E-state index in [0.29, 0.717) is 11.6 Å². The Morgan fingerprint density at radius 3 is 2.90 bits per heavy atom. The molecule has 0 aliphatic carbocycles. The molecule has 0 spiro atoms. The second-order valence-electron chi connectivity index (χ2n) is 5.10. The zero-order chi connectivity index (χ0) is 15.4. The van der Waals surface area contributed by atoms with Crippen LogP contribution in [-0.4, -0.2) is 27.8 Å². The van der Waals surface area contributed by atoms with Gasteiger partial charge in [0.05, 0.1) is 18.8 Å². The lowest BCUT2D eigenvalue weighted by molar-refractivity contribution is 0.203. The maximum atomic E-state index is 12.2. The van der Waals surface area contributed by atoms with E-state index < -0.39 is 0 Å². The number of nitrogens with one attached hydrogen (secondary N) is 1. The highest BCUT2D eigenvalue weighted by atomic mass is 35.5. The number of urea groups is 1. The summed E-state index contributed by atoms with van der Waals surface area (Å²) in [5.41, 5.74) is 1.97. The molecule has 1 N–H and O–H groups in total. The van der Waals surface area contributed by atoms with Crippen LogP contribution < -0.4 is 5.32 Å². The van der Waals surface area contributed by atoms with Gasteiger partial charge in [-0.05, 0) is 24.6 Å². The van der Waals surface area contributed by atoms with Crippen molar-refractivity contribution in [1.29, 1.82) is 0 Å². The first kappa shape index (κ1) is 15.4. The number of carbonyl (C=O) groups excluding carboxylic acids is 1. The minimum Gasteiger partial charge on any atom is -0.331 e. The molecule has 21 heavy (non-hydrogen) atoms. The Morgan fingerprint density at radius 1 is 1.52 bits per heavy atom. The Morgan fingerprint density at radius 2 is 2.29 bits per heavy atom. The van der Waals surface area contributed by atoms with Gasteiger partial charge < -0.3 is 10.2 Å². The summed E-state index contributed by atoms with van der Waals surface area (Å²) in [6.45, 7) is 2.45. The Labute approximate surface area is 129 Å². The van der Waals surface area contributed by atoms with E-state index in [0.717, 1.165) is 11.1 Å². The molecule has 0 radical (unpaired) electrons. The monoisotopic (exact) mass is 306 g/mol. The topological polar surface area (TPSA) is 50.2 Å². The summed E-state index contributed by atoms with van der Waals surface area (Å²) in [5.74, 6) is 0. The molecule has 1 atom stereocenters. The van der Waals surface area contributed by atoms with Crippen molar-refractivity contribution < 1.29 is 4.79 Å². The Kier molecular flexibility index (Phi) is 4.85. The summed E-state index contributed by atoms with van der Waals surface area (Å²) in [7, 11) is 3.61. The SMILES string of the molecule is CC(NC(=O)N(C)Cc1cnn(C)c1)c1cccc(Cl)c1. The number of benzene rings is 1. The summed E-state index contributed by atoms with van der Waals surface area (Å²) >= 11 is 5.97. The normalized spacial score (nSPS) is 12.0. The first-order chi connectivity index (χ1) is 9.95. The van der Waals surface area contributed by atoms with Gasteiger partial charge in [-0.2, -0.15) is 5.10 Å². The maximum Gasteiger partial charge on any atom is 0.317 e. The van der Waals surface area contributed by atoms with Gasteiger partial charge in [-0.3, -0.25) is 4.68 Å². The molecular formula is C15H19ClN4O. The van der Waals surface area contributed by atoms with Crippen molar-refractivity contribution >= 4 is 17.6 Å². The molecule has 0 fully saturated rings. The molecule has 2 aromatic rings. The lowest BCUT2D eigenvalue weighted by Crippen LogP contribution is -2.38. The van der Waals surface area contributed by atoms with Crippen molar-refractivity contribution in [3.8, 4) is 0 Å². The number of rotatable bonds is 4. The average molecular weight is 307 g/mol. The molecule has 112 valence electrons. The van der Waals surface area contributed by atoms with E-state index in [1.165, 1.54) is 0 Å². The number of carbonyl (C=O) groups is 1. The van der Waals surface area contributed by atoms with Crippen LogP contribution in [0.2, 0.25) is 5.02 Å². The first-order valence-electron chi connectivity index (χ1n) is 6.70. The zero-order valence-corrected chi connectivity index (χ0v) is 13.1. The zero-order valence-electron chi connectivity index (χ0n) is 12.4. The highest BCUT2D eigenvalue weighted by molar-refractivity contribution is 6.30. The lowest BCUT2D eigenvalue weighted by atomic mass is 10.1. The van der Waals surface area contributed by atoms with Crippen LogP contribution >= 0.6 is 11.6 Å². The van der Waals surface area contributed by atoms with Gasteiger partial charge >= 0.3 is 6.03 Å². The molecule has 0 bridgehead atoms. The molecule has 1 unspecified atom stereocenters. The molecule has 5 nitrogen and oxygen atoms in total. The molecule has 2 amide bonds. The van der Waals surface area contributed by atoms with Crippen LogP contribution in [0.5, 0.6) is 0 Å². The summed E-state index contributed by atoms with van der Waals surface area (Å²) in [4.78, 5) is 13.8. The van der Waals surface area contributed by atoms with E-state index >= 15 is 0 Å². The fraction of sp³-hybridized carbons (Fsp3) is 0.333. The largest absolute Gasteiger partial charge is 0.331 e. The van der Waals surface area contributed by atoms with E-state index in [2.05, 4.69) is 10.4 Å². The van der Waals surface area contributed by atoms with Crippen molar-refractivity contribution in [2.24, 2.45) is 7.05 Å². The second kappa shape index (κ2) is 6.63. The summed E-state index contributed by atoms with van der Waals surface area (Å²) in [6.07, 6.45) is 3.65. The number of aromatic nitrogens is 2. The third kappa shape index (κ3) is 4.23. The Bertz CT molecular complexity index is 626. The highest BCUT2D eigenvalue weighted by Gasteiger charge is 2.14. The van der Waals surface area contributed by atoms with Crippen molar-refractivity contribution in [2.75, 3.05) is 7.05 Å². The van der Waals surface area contributed by atoms with Crippen molar-refractivity contribution in [1.82, 2.24) is 20.0 Å². The van der Waals surface area contributed by atoms with Crippen LogP contribution in [0.25, 0.3) is 0 Å². The van der Waals surface area contributed by atoms with Crippen LogP contribution in [0.4, 0.5) is 4.79 Å². The first-order valence-corrected chi connectivity index (χ1v) is 7.08. The van der Waals surface area contributed by atoms with Crippen LogP contribution in [-0.2, 0) is 13.6 Å². The van der Waals surface area contributed by atoms with Gasteiger partial charge in [0, 0.05) is 30.9 Å². The minimum absolute atomic E-state index is 0.104. The molecule has 0 saturated heterocycles. The molecule has 2 rings (SSSR count). The predicted molar refractivity (Wildman–Crippen MR) is 83.1 cm³/mol. The molecule has 0 aliphatic heterocycles. The number of nitrogens with zero attached hydrogens (tertiary/aromatic N) is 3. The van der Waals surface area contributed by atoms with Crippen molar-refractivity contribution in [2.45, 2.75) is 19.5 Å². The smallest absolute Gasteiger partial charge is 0.317 e.